The van der Waals surface area contributed by atoms with Crippen LogP contribution in [0, 0.1) is 13.8 Å². The zero-order valence-corrected chi connectivity index (χ0v) is 17.3. The van der Waals surface area contributed by atoms with Gasteiger partial charge in [0.25, 0.3) is 5.91 Å². The molecule has 2 aromatic rings. The number of aromatic nitrogens is 1. The van der Waals surface area contributed by atoms with Crippen molar-refractivity contribution < 1.29 is 19.1 Å². The molecule has 1 amide bonds. The van der Waals surface area contributed by atoms with Crippen molar-refractivity contribution in [3.05, 3.63) is 52.3 Å². The number of carbonyl (C=O) groups is 2. The summed E-state index contributed by atoms with van der Waals surface area (Å²) in [6, 6.07) is 7.88. The van der Waals surface area contributed by atoms with Crippen molar-refractivity contribution in [2.75, 3.05) is 44.8 Å². The second kappa shape index (κ2) is 9.71. The van der Waals surface area contributed by atoms with Crippen LogP contribution in [0.4, 0.5) is 5.69 Å². The summed E-state index contributed by atoms with van der Waals surface area (Å²) in [4.78, 5) is 30.2. The number of amides is 1. The summed E-state index contributed by atoms with van der Waals surface area (Å²) in [5, 5.41) is 2.89. The summed E-state index contributed by atoms with van der Waals surface area (Å²) in [6.45, 7) is 10.1. The van der Waals surface area contributed by atoms with Gasteiger partial charge in [-0.05, 0) is 50.5 Å². The van der Waals surface area contributed by atoms with Crippen molar-refractivity contribution in [1.29, 1.82) is 0 Å². The van der Waals surface area contributed by atoms with Crippen LogP contribution in [0.25, 0.3) is 0 Å². The molecule has 1 saturated heterocycles. The van der Waals surface area contributed by atoms with Crippen molar-refractivity contribution in [2.24, 2.45) is 0 Å². The van der Waals surface area contributed by atoms with Crippen LogP contribution < -0.4 is 5.32 Å². The molecule has 0 atom stereocenters. The predicted molar refractivity (Wildman–Crippen MR) is 112 cm³/mol. The molecule has 3 rings (SSSR count). The molecule has 2 N–H and O–H groups in total. The van der Waals surface area contributed by atoms with Gasteiger partial charge < -0.3 is 19.8 Å². The van der Waals surface area contributed by atoms with Crippen LogP contribution in [0.3, 0.4) is 0 Å². The van der Waals surface area contributed by atoms with Crippen LogP contribution in [-0.2, 0) is 15.9 Å². The predicted octanol–water partition coefficient (Wildman–Crippen LogP) is 2.94. The normalized spacial score (nSPS) is 14.6. The van der Waals surface area contributed by atoms with Gasteiger partial charge in [0, 0.05) is 31.0 Å². The van der Waals surface area contributed by atoms with E-state index >= 15 is 0 Å². The van der Waals surface area contributed by atoms with E-state index in [1.807, 2.05) is 24.3 Å². The zero-order chi connectivity index (χ0) is 20.8. The Hall–Kier alpha value is -2.64. The molecule has 0 unspecified atom stereocenters. The third-order valence-corrected chi connectivity index (χ3v) is 5.18. The number of hydrogen-bond acceptors (Lipinski definition) is 5. The Labute approximate surface area is 171 Å². The number of benzene rings is 1. The maximum Gasteiger partial charge on any atom is 0.340 e. The molecular formula is C22H29N3O4. The molecule has 7 nitrogen and oxygen atoms in total. The highest BCUT2D eigenvalue weighted by Gasteiger charge is 2.22. The maximum atomic E-state index is 12.7. The SMILES string of the molecule is CCOC(=O)c1c(C)[nH]c(C(=O)Nc2ccc(CCN3CCOCC3)cc2)c1C. The number of hydrogen-bond donors (Lipinski definition) is 2. The Morgan fingerprint density at radius 3 is 2.52 bits per heavy atom. The average molecular weight is 399 g/mol. The minimum atomic E-state index is -0.414. The highest BCUT2D eigenvalue weighted by molar-refractivity contribution is 6.06. The van der Waals surface area contributed by atoms with E-state index in [1.54, 1.807) is 20.8 Å². The number of aromatic amines is 1. The van der Waals surface area contributed by atoms with E-state index < -0.39 is 5.97 Å². The summed E-state index contributed by atoms with van der Waals surface area (Å²) in [5.41, 5.74) is 3.97. The van der Waals surface area contributed by atoms with E-state index in [0.29, 0.717) is 29.1 Å². The van der Waals surface area contributed by atoms with Gasteiger partial charge in [-0.3, -0.25) is 9.69 Å². The Balaban J connectivity index is 1.60. The molecule has 156 valence electrons. The van der Waals surface area contributed by atoms with Gasteiger partial charge in [-0.1, -0.05) is 12.1 Å². The van der Waals surface area contributed by atoms with E-state index in [2.05, 4.69) is 15.2 Å². The zero-order valence-electron chi connectivity index (χ0n) is 17.3. The quantitative estimate of drug-likeness (QED) is 0.700. The smallest absolute Gasteiger partial charge is 0.340 e. The highest BCUT2D eigenvalue weighted by atomic mass is 16.5. The maximum absolute atomic E-state index is 12.7. The average Bonchev–Trinajstić information content (AvgIpc) is 3.02. The highest BCUT2D eigenvalue weighted by Crippen LogP contribution is 2.20. The number of esters is 1. The first-order chi connectivity index (χ1) is 14.0. The number of ether oxygens (including phenoxy) is 2. The van der Waals surface area contributed by atoms with Crippen LogP contribution in [0.1, 0.15) is 44.6 Å². The number of anilines is 1. The summed E-state index contributed by atoms with van der Waals surface area (Å²) in [7, 11) is 0. The molecule has 1 aromatic heterocycles. The Kier molecular flexibility index (Phi) is 7.06. The van der Waals surface area contributed by atoms with E-state index in [4.69, 9.17) is 9.47 Å². The van der Waals surface area contributed by atoms with Gasteiger partial charge in [0.1, 0.15) is 5.69 Å². The first-order valence-corrected chi connectivity index (χ1v) is 10.1. The van der Waals surface area contributed by atoms with Gasteiger partial charge in [0.2, 0.25) is 0 Å². The van der Waals surface area contributed by atoms with Gasteiger partial charge in [-0.15, -0.1) is 0 Å². The standard InChI is InChI=1S/C22H29N3O4/c1-4-29-22(27)19-15(2)20(23-16(19)3)21(26)24-18-7-5-17(6-8-18)9-10-25-11-13-28-14-12-25/h5-8,23H,4,9-14H2,1-3H3,(H,24,26). The second-order valence-corrected chi connectivity index (χ2v) is 7.20. The van der Waals surface area contributed by atoms with E-state index in [9.17, 15) is 9.59 Å². The molecule has 0 spiro atoms. The lowest BCUT2D eigenvalue weighted by atomic mass is 10.1. The number of nitrogens with one attached hydrogen (secondary N) is 2. The minimum absolute atomic E-state index is 0.276. The van der Waals surface area contributed by atoms with Crippen LogP contribution in [0.15, 0.2) is 24.3 Å². The molecular weight excluding hydrogens is 370 g/mol. The van der Waals surface area contributed by atoms with Crippen LogP contribution >= 0.6 is 0 Å². The number of rotatable bonds is 7. The van der Waals surface area contributed by atoms with Crippen molar-refractivity contribution in [3.8, 4) is 0 Å². The van der Waals surface area contributed by atoms with Gasteiger partial charge >= 0.3 is 5.97 Å². The van der Waals surface area contributed by atoms with E-state index in [-0.39, 0.29) is 5.91 Å². The lowest BCUT2D eigenvalue weighted by Crippen LogP contribution is -2.37. The van der Waals surface area contributed by atoms with Crippen molar-refractivity contribution in [2.45, 2.75) is 27.2 Å². The van der Waals surface area contributed by atoms with Crippen molar-refractivity contribution in [1.82, 2.24) is 9.88 Å². The number of nitrogens with zero attached hydrogens (tertiary/aromatic N) is 1. The number of carbonyl (C=O) groups excluding carboxylic acids is 2. The van der Waals surface area contributed by atoms with Gasteiger partial charge in [-0.25, -0.2) is 4.79 Å². The molecule has 0 bridgehead atoms. The molecule has 0 saturated carbocycles. The molecule has 1 fully saturated rings. The van der Waals surface area contributed by atoms with E-state index in [0.717, 1.165) is 45.0 Å². The molecule has 29 heavy (non-hydrogen) atoms. The number of H-pyrrole nitrogens is 1. The third kappa shape index (κ3) is 5.25. The van der Waals surface area contributed by atoms with E-state index in [1.165, 1.54) is 5.56 Å². The summed E-state index contributed by atoms with van der Waals surface area (Å²) in [5.74, 6) is -0.690. The fraction of sp³-hybridized carbons (Fsp3) is 0.455. The lowest BCUT2D eigenvalue weighted by molar-refractivity contribution is 0.0384. The Bertz CT molecular complexity index is 852. The van der Waals surface area contributed by atoms with Gasteiger partial charge in [-0.2, -0.15) is 0 Å². The minimum Gasteiger partial charge on any atom is -0.462 e. The number of morpholine rings is 1. The van der Waals surface area contributed by atoms with Gasteiger partial charge in [0.05, 0.1) is 25.4 Å². The number of aryl methyl sites for hydroxylation is 1. The molecule has 1 aliphatic heterocycles. The van der Waals surface area contributed by atoms with Crippen molar-refractivity contribution >= 4 is 17.6 Å². The molecule has 1 aliphatic rings. The lowest BCUT2D eigenvalue weighted by Gasteiger charge is -2.26. The van der Waals surface area contributed by atoms with Crippen LogP contribution in [0.2, 0.25) is 0 Å². The fourth-order valence-corrected chi connectivity index (χ4v) is 3.55. The second-order valence-electron chi connectivity index (χ2n) is 7.20. The fourth-order valence-electron chi connectivity index (χ4n) is 3.55. The van der Waals surface area contributed by atoms with Crippen LogP contribution in [0.5, 0.6) is 0 Å². The largest absolute Gasteiger partial charge is 0.462 e. The molecule has 7 heteroatoms. The summed E-state index contributed by atoms with van der Waals surface area (Å²) < 4.78 is 10.5. The first-order valence-electron chi connectivity index (χ1n) is 10.1. The van der Waals surface area contributed by atoms with Crippen molar-refractivity contribution in [3.63, 3.8) is 0 Å². The molecule has 0 radical (unpaired) electrons. The first kappa shape index (κ1) is 21.1. The third-order valence-electron chi connectivity index (χ3n) is 5.18. The topological polar surface area (TPSA) is 83.7 Å². The van der Waals surface area contributed by atoms with Crippen LogP contribution in [-0.4, -0.2) is 61.2 Å². The summed E-state index contributed by atoms with van der Waals surface area (Å²) in [6.07, 6.45) is 0.964. The molecule has 0 aliphatic carbocycles. The Morgan fingerprint density at radius 1 is 1.17 bits per heavy atom. The monoisotopic (exact) mass is 399 g/mol. The van der Waals surface area contributed by atoms with Gasteiger partial charge in [0.15, 0.2) is 0 Å². The Morgan fingerprint density at radius 2 is 1.86 bits per heavy atom. The summed E-state index contributed by atoms with van der Waals surface area (Å²) >= 11 is 0. The molecule has 2 heterocycles. The molecule has 1 aromatic carbocycles.